The molecule has 0 aliphatic carbocycles. The molecule has 3 atom stereocenters. The quantitative estimate of drug-likeness (QED) is 0.0536. The molecule has 0 spiro atoms. The van der Waals surface area contributed by atoms with Crippen LogP contribution >= 0.6 is 35.3 Å². The first-order valence-corrected chi connectivity index (χ1v) is 22.8. The summed E-state index contributed by atoms with van der Waals surface area (Å²) in [6.45, 7) is 14.4. The van der Waals surface area contributed by atoms with Gasteiger partial charge < -0.3 is 0 Å². The van der Waals surface area contributed by atoms with Crippen molar-refractivity contribution < 1.29 is 0 Å². The van der Waals surface area contributed by atoms with E-state index in [9.17, 15) is 0 Å². The second-order valence-electron chi connectivity index (χ2n) is 14.2. The smallest absolute Gasteiger partial charge is 0.0347 e. The Morgan fingerprint density at radius 1 is 0.378 bits per heavy atom. The van der Waals surface area contributed by atoms with E-state index in [0.717, 1.165) is 0 Å². The van der Waals surface area contributed by atoms with Crippen LogP contribution in [0.15, 0.2) is 32.9 Å². The van der Waals surface area contributed by atoms with Crippen LogP contribution in [-0.4, -0.2) is 15.7 Å². The Labute approximate surface area is 297 Å². The summed E-state index contributed by atoms with van der Waals surface area (Å²) in [5.74, 6) is 0. The summed E-state index contributed by atoms with van der Waals surface area (Å²) in [4.78, 5) is 4.71. The van der Waals surface area contributed by atoms with E-state index in [1.165, 1.54) is 173 Å². The lowest BCUT2D eigenvalue weighted by Gasteiger charge is -2.21. The predicted octanol–water partition coefficient (Wildman–Crippen LogP) is 16.7. The first-order valence-electron chi connectivity index (χ1n) is 20.1. The summed E-state index contributed by atoms with van der Waals surface area (Å²) in [7, 11) is 0. The molecule has 0 nitrogen and oxygen atoms in total. The fourth-order valence-corrected chi connectivity index (χ4v) is 10.2. The van der Waals surface area contributed by atoms with E-state index in [4.69, 9.17) is 0 Å². The number of unbranched alkanes of at least 4 members (excludes halogenated alkanes) is 21. The summed E-state index contributed by atoms with van der Waals surface area (Å²) in [6, 6.07) is 7.23. The van der Waals surface area contributed by atoms with Gasteiger partial charge in [-0.15, -0.1) is 35.3 Å². The van der Waals surface area contributed by atoms with E-state index in [1.807, 2.05) is 0 Å². The maximum Gasteiger partial charge on any atom is 0.0347 e. The van der Waals surface area contributed by atoms with Gasteiger partial charge in [0, 0.05) is 30.4 Å². The van der Waals surface area contributed by atoms with Gasteiger partial charge in [0.25, 0.3) is 0 Å². The SMILES string of the molecule is CCCCCCCCCCC(C)Sc1cccc(SC(C)CCCCCCCCCC)c1SC(C)CCCCCCCCCC. The first kappa shape index (κ1) is 43.3. The highest BCUT2D eigenvalue weighted by Gasteiger charge is 2.18. The Morgan fingerprint density at radius 2 is 0.644 bits per heavy atom. The lowest BCUT2D eigenvalue weighted by Crippen LogP contribution is -2.02. The molecule has 0 aliphatic heterocycles. The van der Waals surface area contributed by atoms with Crippen LogP contribution in [0.4, 0.5) is 0 Å². The van der Waals surface area contributed by atoms with Crippen LogP contribution in [0, 0.1) is 0 Å². The highest BCUT2D eigenvalue weighted by Crippen LogP contribution is 2.44. The van der Waals surface area contributed by atoms with Gasteiger partial charge >= 0.3 is 0 Å². The molecule has 1 aromatic rings. The number of hydrogen-bond donors (Lipinski definition) is 0. The van der Waals surface area contributed by atoms with E-state index in [2.05, 4.69) is 95.0 Å². The van der Waals surface area contributed by atoms with E-state index < -0.39 is 0 Å². The monoisotopic (exact) mass is 679 g/mol. The molecule has 264 valence electrons. The van der Waals surface area contributed by atoms with Gasteiger partial charge in [-0.3, -0.25) is 0 Å². The molecule has 0 bridgehead atoms. The van der Waals surface area contributed by atoms with Gasteiger partial charge in [0.05, 0.1) is 0 Å². The number of rotatable bonds is 33. The second kappa shape index (κ2) is 31.5. The van der Waals surface area contributed by atoms with E-state index in [1.54, 1.807) is 14.7 Å². The van der Waals surface area contributed by atoms with Crippen molar-refractivity contribution in [2.75, 3.05) is 0 Å². The third-order valence-corrected chi connectivity index (χ3v) is 13.3. The van der Waals surface area contributed by atoms with Crippen LogP contribution in [0.2, 0.25) is 0 Å². The molecule has 0 N–H and O–H groups in total. The molecule has 0 fully saturated rings. The van der Waals surface area contributed by atoms with Crippen LogP contribution in [0.25, 0.3) is 0 Å². The van der Waals surface area contributed by atoms with E-state index in [-0.39, 0.29) is 0 Å². The van der Waals surface area contributed by atoms with Crippen LogP contribution in [-0.2, 0) is 0 Å². The van der Waals surface area contributed by atoms with Crippen molar-refractivity contribution in [1.29, 1.82) is 0 Å². The maximum absolute atomic E-state index is 2.50. The van der Waals surface area contributed by atoms with Crippen LogP contribution in [0.1, 0.15) is 215 Å². The minimum Gasteiger partial charge on any atom is -0.122 e. The Balaban J connectivity index is 2.65. The molecular formula is C42H78S3. The highest BCUT2D eigenvalue weighted by molar-refractivity contribution is 8.04. The molecular weight excluding hydrogens is 601 g/mol. The fraction of sp³-hybridized carbons (Fsp3) is 0.857. The number of benzene rings is 1. The molecule has 0 heterocycles. The molecule has 0 radical (unpaired) electrons. The van der Waals surface area contributed by atoms with E-state index in [0.29, 0.717) is 15.7 Å². The average Bonchev–Trinajstić information content (AvgIpc) is 3.02. The minimum atomic E-state index is 0.692. The Hall–Kier alpha value is 0.270. The second-order valence-corrected chi connectivity index (χ2v) is 18.6. The minimum absolute atomic E-state index is 0.692. The summed E-state index contributed by atoms with van der Waals surface area (Å²) < 4.78 is 0. The molecule has 0 aliphatic rings. The summed E-state index contributed by atoms with van der Waals surface area (Å²) >= 11 is 6.53. The standard InChI is InChI=1S/C42H78S3/c1-7-10-13-16-19-22-25-28-32-37(4)43-40-35-31-36-41(44-38(5)33-29-26-23-20-17-14-11-8-2)42(40)45-39(6)34-30-27-24-21-18-15-12-9-3/h31,35-39H,7-30,32-34H2,1-6H3. The molecule has 0 saturated heterocycles. The molecule has 1 rings (SSSR count). The van der Waals surface area contributed by atoms with Crippen LogP contribution in [0.3, 0.4) is 0 Å². The van der Waals surface area contributed by atoms with Gasteiger partial charge in [-0.2, -0.15) is 0 Å². The van der Waals surface area contributed by atoms with Gasteiger partial charge in [-0.05, 0) is 31.4 Å². The zero-order chi connectivity index (χ0) is 32.8. The Morgan fingerprint density at radius 3 is 0.956 bits per heavy atom. The lowest BCUT2D eigenvalue weighted by molar-refractivity contribution is 0.564. The molecule has 0 aromatic heterocycles. The summed E-state index contributed by atoms with van der Waals surface area (Å²) in [6.07, 6.45) is 38.0. The van der Waals surface area contributed by atoms with E-state index >= 15 is 0 Å². The first-order chi connectivity index (χ1) is 22.0. The third-order valence-electron chi connectivity index (χ3n) is 9.31. The lowest BCUT2D eigenvalue weighted by atomic mass is 10.1. The van der Waals surface area contributed by atoms with Crippen molar-refractivity contribution in [2.45, 2.75) is 245 Å². The predicted molar refractivity (Wildman–Crippen MR) is 214 cm³/mol. The number of hydrogen-bond acceptors (Lipinski definition) is 3. The molecule has 0 saturated carbocycles. The van der Waals surface area contributed by atoms with Gasteiger partial charge in [0.2, 0.25) is 0 Å². The van der Waals surface area contributed by atoms with Gasteiger partial charge in [-0.25, -0.2) is 0 Å². The summed E-state index contributed by atoms with van der Waals surface area (Å²) in [5, 5.41) is 2.09. The molecule has 3 heteroatoms. The summed E-state index contributed by atoms with van der Waals surface area (Å²) in [5.41, 5.74) is 0. The largest absolute Gasteiger partial charge is 0.122 e. The zero-order valence-corrected chi connectivity index (χ0v) is 33.7. The zero-order valence-electron chi connectivity index (χ0n) is 31.3. The van der Waals surface area contributed by atoms with Crippen molar-refractivity contribution in [2.24, 2.45) is 0 Å². The van der Waals surface area contributed by atoms with Crippen molar-refractivity contribution in [1.82, 2.24) is 0 Å². The topological polar surface area (TPSA) is 0 Å². The van der Waals surface area contributed by atoms with Crippen LogP contribution < -0.4 is 0 Å². The molecule has 1 aromatic carbocycles. The molecule has 45 heavy (non-hydrogen) atoms. The molecule has 3 unspecified atom stereocenters. The Kier molecular flexibility index (Phi) is 30.3. The van der Waals surface area contributed by atoms with Gasteiger partial charge in [0.15, 0.2) is 0 Å². The van der Waals surface area contributed by atoms with Gasteiger partial charge in [-0.1, -0.05) is 202 Å². The molecule has 0 amide bonds. The highest BCUT2D eigenvalue weighted by atomic mass is 32.2. The van der Waals surface area contributed by atoms with Crippen molar-refractivity contribution in [3.05, 3.63) is 18.2 Å². The number of thioether (sulfide) groups is 3. The third kappa shape index (κ3) is 25.0. The van der Waals surface area contributed by atoms with Crippen molar-refractivity contribution in [3.8, 4) is 0 Å². The maximum atomic E-state index is 2.50. The normalized spacial score (nSPS) is 13.7. The Bertz CT molecular complexity index is 716. The fourth-order valence-electron chi connectivity index (χ4n) is 6.31. The average molecular weight is 679 g/mol. The van der Waals surface area contributed by atoms with Crippen molar-refractivity contribution in [3.63, 3.8) is 0 Å². The van der Waals surface area contributed by atoms with Crippen molar-refractivity contribution >= 4 is 35.3 Å². The van der Waals surface area contributed by atoms with Crippen LogP contribution in [0.5, 0.6) is 0 Å². The van der Waals surface area contributed by atoms with Gasteiger partial charge in [0.1, 0.15) is 0 Å².